The van der Waals surface area contributed by atoms with Gasteiger partial charge in [0, 0.05) is 36.4 Å². The summed E-state index contributed by atoms with van der Waals surface area (Å²) in [5.41, 5.74) is 3.00. The molecule has 1 amide bonds. The number of benzene rings is 2. The molecule has 2 heterocycles. The summed E-state index contributed by atoms with van der Waals surface area (Å²) in [5, 5.41) is 18.2. The first-order chi connectivity index (χ1) is 15.5. The summed E-state index contributed by atoms with van der Waals surface area (Å²) in [6, 6.07) is 12.0. The van der Waals surface area contributed by atoms with Gasteiger partial charge in [-0.05, 0) is 42.3 Å². The maximum atomic E-state index is 13.3. The van der Waals surface area contributed by atoms with Gasteiger partial charge in [-0.2, -0.15) is 5.10 Å². The second-order valence-corrected chi connectivity index (χ2v) is 7.87. The fourth-order valence-electron chi connectivity index (χ4n) is 3.96. The van der Waals surface area contributed by atoms with Crippen LogP contribution in [0.1, 0.15) is 34.1 Å². The molecule has 166 valence electrons. The molecule has 2 aromatic carbocycles. The summed E-state index contributed by atoms with van der Waals surface area (Å²) in [6.07, 6.45) is 2.37. The van der Waals surface area contributed by atoms with Crippen molar-refractivity contribution < 1.29 is 19.4 Å². The number of halogens is 1. The third-order valence-electron chi connectivity index (χ3n) is 5.39. The highest BCUT2D eigenvalue weighted by Gasteiger charge is 2.42. The molecule has 2 N–H and O–H groups in total. The number of ether oxygens (including phenoxy) is 2. The predicted molar refractivity (Wildman–Crippen MR) is 122 cm³/mol. The Bertz CT molecular complexity index is 1130. The second kappa shape index (κ2) is 9.46. The number of hydrogen-bond donors (Lipinski definition) is 2. The number of methoxy groups -OCH3 is 1. The molecule has 32 heavy (non-hydrogen) atoms. The number of aromatic amines is 1. The molecule has 1 aromatic heterocycles. The number of nitrogens with zero attached hydrogens (tertiary/aromatic N) is 2. The molecule has 0 fully saturated rings. The quantitative estimate of drug-likeness (QED) is 0.365. The molecule has 0 radical (unpaired) electrons. The highest BCUT2D eigenvalue weighted by molar-refractivity contribution is 6.31. The Morgan fingerprint density at radius 3 is 2.78 bits per heavy atom. The number of rotatable bonds is 9. The van der Waals surface area contributed by atoms with Gasteiger partial charge in [-0.15, -0.1) is 0 Å². The monoisotopic (exact) mass is 453 g/mol. The zero-order chi connectivity index (χ0) is 22.7. The van der Waals surface area contributed by atoms with E-state index in [-0.39, 0.29) is 17.7 Å². The number of carbonyl (C=O) groups excluding carboxylic acids is 1. The van der Waals surface area contributed by atoms with Crippen molar-refractivity contribution in [2.24, 2.45) is 0 Å². The third kappa shape index (κ3) is 4.09. The van der Waals surface area contributed by atoms with E-state index in [9.17, 15) is 9.90 Å². The van der Waals surface area contributed by atoms with E-state index in [1.54, 1.807) is 30.2 Å². The highest BCUT2D eigenvalue weighted by Crippen LogP contribution is 2.45. The van der Waals surface area contributed by atoms with Crippen LogP contribution in [-0.2, 0) is 4.74 Å². The van der Waals surface area contributed by atoms with Crippen molar-refractivity contribution in [3.63, 3.8) is 0 Å². The zero-order valence-corrected chi connectivity index (χ0v) is 18.4. The maximum absolute atomic E-state index is 13.3. The smallest absolute Gasteiger partial charge is 0.273 e. The van der Waals surface area contributed by atoms with Gasteiger partial charge < -0.3 is 19.5 Å². The van der Waals surface area contributed by atoms with Crippen LogP contribution in [0.5, 0.6) is 11.5 Å². The van der Waals surface area contributed by atoms with E-state index in [4.69, 9.17) is 21.1 Å². The lowest BCUT2D eigenvalue weighted by Crippen LogP contribution is -2.31. The van der Waals surface area contributed by atoms with Gasteiger partial charge >= 0.3 is 0 Å². The molecular formula is C24H24ClN3O4. The number of H-pyrrole nitrogens is 1. The average Bonchev–Trinajstić information content (AvgIpc) is 3.34. The lowest BCUT2D eigenvalue weighted by atomic mass is 9.95. The third-order valence-corrected chi connectivity index (χ3v) is 5.62. The Balaban J connectivity index is 1.79. The Morgan fingerprint density at radius 2 is 2.06 bits per heavy atom. The molecule has 0 spiro atoms. The number of phenolic OH excluding ortho intramolecular Hbond substituents is 1. The van der Waals surface area contributed by atoms with Crippen molar-refractivity contribution in [1.29, 1.82) is 0 Å². The van der Waals surface area contributed by atoms with Crippen LogP contribution in [0.3, 0.4) is 0 Å². The summed E-state index contributed by atoms with van der Waals surface area (Å²) in [5.74, 6) is 0.610. The van der Waals surface area contributed by atoms with Crippen molar-refractivity contribution in [3.05, 3.63) is 77.0 Å². The van der Waals surface area contributed by atoms with Gasteiger partial charge in [-0.1, -0.05) is 36.4 Å². The molecule has 1 aliphatic heterocycles. The highest BCUT2D eigenvalue weighted by atomic mass is 35.5. The maximum Gasteiger partial charge on any atom is 0.273 e. The van der Waals surface area contributed by atoms with Gasteiger partial charge in [-0.25, -0.2) is 0 Å². The van der Waals surface area contributed by atoms with Crippen molar-refractivity contribution in [2.45, 2.75) is 12.5 Å². The molecule has 0 bridgehead atoms. The normalized spacial score (nSPS) is 15.1. The van der Waals surface area contributed by atoms with Crippen LogP contribution in [0.25, 0.3) is 11.3 Å². The first-order valence-corrected chi connectivity index (χ1v) is 10.6. The molecule has 3 aromatic rings. The molecular weight excluding hydrogens is 430 g/mol. The van der Waals surface area contributed by atoms with Crippen LogP contribution in [0.4, 0.5) is 0 Å². The van der Waals surface area contributed by atoms with Crippen molar-refractivity contribution in [3.8, 4) is 22.8 Å². The Kier molecular flexibility index (Phi) is 6.48. The van der Waals surface area contributed by atoms with Crippen molar-refractivity contribution >= 4 is 17.5 Å². The van der Waals surface area contributed by atoms with Crippen LogP contribution in [0.15, 0.2) is 55.1 Å². The number of aromatic hydroxyl groups is 1. The minimum Gasteiger partial charge on any atom is -0.507 e. The van der Waals surface area contributed by atoms with Gasteiger partial charge in [0.1, 0.15) is 29.5 Å². The van der Waals surface area contributed by atoms with Crippen LogP contribution in [0, 0.1) is 0 Å². The minimum absolute atomic E-state index is 0.0425. The van der Waals surface area contributed by atoms with Gasteiger partial charge in [-0.3, -0.25) is 9.89 Å². The molecule has 1 aliphatic rings. The number of hydrogen-bond acceptors (Lipinski definition) is 5. The van der Waals surface area contributed by atoms with Crippen LogP contribution < -0.4 is 4.74 Å². The summed E-state index contributed by atoms with van der Waals surface area (Å²) in [6.45, 7) is 5.12. The number of carbonyl (C=O) groups is 1. The number of nitrogens with one attached hydrogen (secondary N) is 1. The van der Waals surface area contributed by atoms with Crippen molar-refractivity contribution in [2.75, 3.05) is 26.9 Å². The first-order valence-electron chi connectivity index (χ1n) is 10.3. The van der Waals surface area contributed by atoms with Gasteiger partial charge in [0.15, 0.2) is 0 Å². The molecule has 1 atom stereocenters. The average molecular weight is 454 g/mol. The second-order valence-electron chi connectivity index (χ2n) is 7.44. The fraction of sp³-hybridized carbons (Fsp3) is 0.250. The van der Waals surface area contributed by atoms with E-state index in [0.29, 0.717) is 59.5 Å². The molecule has 4 rings (SSSR count). The lowest BCUT2D eigenvalue weighted by molar-refractivity contribution is 0.0723. The van der Waals surface area contributed by atoms with E-state index in [1.165, 1.54) is 6.07 Å². The van der Waals surface area contributed by atoms with E-state index >= 15 is 0 Å². The van der Waals surface area contributed by atoms with Crippen LogP contribution >= 0.6 is 11.6 Å². The van der Waals surface area contributed by atoms with Gasteiger partial charge in [0.2, 0.25) is 0 Å². The topological polar surface area (TPSA) is 87.7 Å². The molecule has 0 saturated carbocycles. The Hall–Kier alpha value is -3.29. The van der Waals surface area contributed by atoms with Crippen LogP contribution in [0.2, 0.25) is 5.02 Å². The Morgan fingerprint density at radius 1 is 1.28 bits per heavy atom. The lowest BCUT2D eigenvalue weighted by Gasteiger charge is -2.26. The zero-order valence-electron chi connectivity index (χ0n) is 17.7. The Labute approximate surface area is 191 Å². The number of fused-ring (bicyclic) bond motifs is 1. The fourth-order valence-corrected chi connectivity index (χ4v) is 4.13. The van der Waals surface area contributed by atoms with Gasteiger partial charge in [0.05, 0.1) is 6.04 Å². The molecule has 8 heteroatoms. The van der Waals surface area contributed by atoms with E-state index < -0.39 is 0 Å². The standard InChI is InChI=1S/C24H24ClN3O4/c1-3-12-32-17-8-5-15(6-9-17)23-20-21(18-14-16(25)7-10-19(18)29)26-27-22(20)24(30)28(23)11-4-13-31-2/h3,5-10,14,23,29H,1,4,11-13H2,2H3,(H,26,27). The molecule has 0 aliphatic carbocycles. The predicted octanol–water partition coefficient (Wildman–Crippen LogP) is 4.58. The number of phenols is 1. The summed E-state index contributed by atoms with van der Waals surface area (Å²) < 4.78 is 10.8. The SMILES string of the molecule is C=CCOc1ccc(C2c3c(-c4cc(Cl)ccc4O)n[nH]c3C(=O)N2CCCOC)cc1. The van der Waals surface area contributed by atoms with Gasteiger partial charge in [0.25, 0.3) is 5.91 Å². The number of amides is 1. The van der Waals surface area contributed by atoms with E-state index in [1.807, 2.05) is 24.3 Å². The summed E-state index contributed by atoms with van der Waals surface area (Å²) >= 11 is 6.18. The van der Waals surface area contributed by atoms with Crippen LogP contribution in [-0.4, -0.2) is 53.0 Å². The number of aromatic nitrogens is 2. The first kappa shape index (κ1) is 21.9. The summed E-state index contributed by atoms with van der Waals surface area (Å²) in [4.78, 5) is 15.1. The van der Waals surface area contributed by atoms with E-state index in [0.717, 1.165) is 5.56 Å². The minimum atomic E-state index is -0.380. The molecule has 0 saturated heterocycles. The summed E-state index contributed by atoms with van der Waals surface area (Å²) in [7, 11) is 1.64. The van der Waals surface area contributed by atoms with Crippen molar-refractivity contribution in [1.82, 2.24) is 15.1 Å². The molecule has 7 nitrogen and oxygen atoms in total. The van der Waals surface area contributed by atoms with E-state index in [2.05, 4.69) is 16.8 Å². The largest absolute Gasteiger partial charge is 0.507 e. The molecule has 1 unspecified atom stereocenters.